The minimum atomic E-state index is -0.183. The molecule has 112 valence electrons. The quantitative estimate of drug-likeness (QED) is 0.882. The van der Waals surface area contributed by atoms with Crippen LogP contribution in [-0.4, -0.2) is 31.3 Å². The van der Waals surface area contributed by atoms with Gasteiger partial charge in [0.1, 0.15) is 0 Å². The van der Waals surface area contributed by atoms with Crippen LogP contribution in [0.1, 0.15) is 38.3 Å². The first kappa shape index (κ1) is 15.8. The van der Waals surface area contributed by atoms with Crippen molar-refractivity contribution in [2.75, 3.05) is 25.0 Å². The van der Waals surface area contributed by atoms with Crippen molar-refractivity contribution in [3.63, 3.8) is 0 Å². The summed E-state index contributed by atoms with van der Waals surface area (Å²) in [6, 6.07) is 6.85. The molecule has 2 unspecified atom stereocenters. The van der Waals surface area contributed by atoms with E-state index in [9.17, 15) is 5.11 Å². The Hall–Kier alpha value is -0.580. The molecule has 2 N–H and O–H groups in total. The van der Waals surface area contributed by atoms with E-state index in [2.05, 4.69) is 51.3 Å². The molecule has 1 aromatic carbocycles. The Kier molecular flexibility index (Phi) is 5.47. The molecule has 0 spiro atoms. The maximum atomic E-state index is 9.72. The first-order chi connectivity index (χ1) is 9.52. The summed E-state index contributed by atoms with van der Waals surface area (Å²) in [6.45, 7) is 6.16. The molecular weight excluding hydrogens is 316 g/mol. The highest BCUT2D eigenvalue weighted by Gasteiger charge is 2.24. The summed E-state index contributed by atoms with van der Waals surface area (Å²) in [5, 5.41) is 13.0. The van der Waals surface area contributed by atoms with Gasteiger partial charge in [-0.15, -0.1) is 0 Å². The van der Waals surface area contributed by atoms with Crippen molar-refractivity contribution in [3.8, 4) is 0 Å². The first-order valence-corrected chi connectivity index (χ1v) is 8.22. The fraction of sp³-hybridized carbons (Fsp3) is 0.625. The van der Waals surface area contributed by atoms with Gasteiger partial charge in [0.2, 0.25) is 0 Å². The molecule has 1 saturated heterocycles. The van der Waals surface area contributed by atoms with Crippen LogP contribution in [0, 0.1) is 5.92 Å². The number of nitrogens with one attached hydrogen (secondary N) is 1. The fourth-order valence-electron chi connectivity index (χ4n) is 2.94. The lowest BCUT2D eigenvalue weighted by atomic mass is 9.91. The second kappa shape index (κ2) is 6.92. The Balaban J connectivity index is 2.17. The SMILES string of the molecule is CNC(C)c1cc(Br)ccc1N1CCC(C(C)O)CC1. The molecule has 1 aliphatic heterocycles. The summed E-state index contributed by atoms with van der Waals surface area (Å²) in [6.07, 6.45) is 1.96. The van der Waals surface area contributed by atoms with Gasteiger partial charge >= 0.3 is 0 Å². The van der Waals surface area contributed by atoms with Gasteiger partial charge in [-0.3, -0.25) is 0 Å². The van der Waals surface area contributed by atoms with E-state index >= 15 is 0 Å². The molecule has 20 heavy (non-hydrogen) atoms. The van der Waals surface area contributed by atoms with Crippen LogP contribution in [0.5, 0.6) is 0 Å². The van der Waals surface area contributed by atoms with Crippen LogP contribution in [0.4, 0.5) is 5.69 Å². The molecular formula is C16H25BrN2O. The van der Waals surface area contributed by atoms with E-state index in [0.29, 0.717) is 12.0 Å². The zero-order valence-electron chi connectivity index (χ0n) is 12.6. The third kappa shape index (κ3) is 3.54. The van der Waals surface area contributed by atoms with Crippen LogP contribution in [0.25, 0.3) is 0 Å². The summed E-state index contributed by atoms with van der Waals surface area (Å²) in [4.78, 5) is 2.45. The highest BCUT2D eigenvalue weighted by Crippen LogP contribution is 2.32. The van der Waals surface area contributed by atoms with Crippen LogP contribution in [-0.2, 0) is 0 Å². The Morgan fingerprint density at radius 3 is 2.50 bits per heavy atom. The van der Waals surface area contributed by atoms with E-state index in [0.717, 1.165) is 30.4 Å². The monoisotopic (exact) mass is 340 g/mol. The summed E-state index contributed by atoms with van der Waals surface area (Å²) >= 11 is 3.57. The lowest BCUT2D eigenvalue weighted by molar-refractivity contribution is 0.110. The van der Waals surface area contributed by atoms with Crippen LogP contribution in [0.2, 0.25) is 0 Å². The number of anilines is 1. The highest BCUT2D eigenvalue weighted by molar-refractivity contribution is 9.10. The molecule has 1 heterocycles. The molecule has 3 nitrogen and oxygen atoms in total. The second-order valence-electron chi connectivity index (χ2n) is 5.78. The summed E-state index contributed by atoms with van der Waals surface area (Å²) in [5.74, 6) is 0.451. The van der Waals surface area contributed by atoms with Crippen molar-refractivity contribution in [2.45, 2.75) is 38.8 Å². The third-order valence-corrected chi connectivity index (χ3v) is 4.94. The Morgan fingerprint density at radius 2 is 1.95 bits per heavy atom. The van der Waals surface area contributed by atoms with Crippen LogP contribution < -0.4 is 10.2 Å². The zero-order chi connectivity index (χ0) is 14.7. The van der Waals surface area contributed by atoms with Gasteiger partial charge in [0.25, 0.3) is 0 Å². The molecule has 0 saturated carbocycles. The first-order valence-electron chi connectivity index (χ1n) is 7.42. The number of rotatable bonds is 4. The molecule has 2 atom stereocenters. The van der Waals surface area contributed by atoms with Gasteiger partial charge in [-0.2, -0.15) is 0 Å². The van der Waals surface area contributed by atoms with Crippen molar-refractivity contribution in [1.29, 1.82) is 0 Å². The number of piperidine rings is 1. The van der Waals surface area contributed by atoms with Crippen molar-refractivity contribution in [3.05, 3.63) is 28.2 Å². The number of aliphatic hydroxyl groups excluding tert-OH is 1. The number of aliphatic hydroxyl groups is 1. The number of hydrogen-bond acceptors (Lipinski definition) is 3. The molecule has 1 fully saturated rings. The van der Waals surface area contributed by atoms with Gasteiger partial charge in [-0.25, -0.2) is 0 Å². The zero-order valence-corrected chi connectivity index (χ0v) is 14.2. The van der Waals surface area contributed by atoms with Crippen LogP contribution >= 0.6 is 15.9 Å². The Bertz CT molecular complexity index is 442. The van der Waals surface area contributed by atoms with E-state index in [4.69, 9.17) is 0 Å². The van der Waals surface area contributed by atoms with E-state index in [-0.39, 0.29) is 6.10 Å². The van der Waals surface area contributed by atoms with Gasteiger partial charge in [0.15, 0.2) is 0 Å². The minimum Gasteiger partial charge on any atom is -0.393 e. The van der Waals surface area contributed by atoms with E-state index < -0.39 is 0 Å². The van der Waals surface area contributed by atoms with E-state index in [1.54, 1.807) is 0 Å². The second-order valence-corrected chi connectivity index (χ2v) is 6.69. The Labute approximate surface area is 130 Å². The Morgan fingerprint density at radius 1 is 1.30 bits per heavy atom. The summed E-state index contributed by atoms with van der Waals surface area (Å²) < 4.78 is 1.12. The van der Waals surface area contributed by atoms with E-state index in [1.165, 1.54) is 11.3 Å². The largest absolute Gasteiger partial charge is 0.393 e. The maximum absolute atomic E-state index is 9.72. The molecule has 1 aromatic rings. The van der Waals surface area contributed by atoms with Gasteiger partial charge < -0.3 is 15.3 Å². The summed E-state index contributed by atoms with van der Waals surface area (Å²) in [5.41, 5.74) is 2.65. The van der Waals surface area contributed by atoms with Crippen molar-refractivity contribution in [1.82, 2.24) is 5.32 Å². The lowest BCUT2D eigenvalue weighted by Crippen LogP contribution is -2.37. The topological polar surface area (TPSA) is 35.5 Å². The van der Waals surface area contributed by atoms with Crippen LogP contribution in [0.3, 0.4) is 0 Å². The van der Waals surface area contributed by atoms with Gasteiger partial charge in [-0.05, 0) is 63.4 Å². The molecule has 0 radical (unpaired) electrons. The number of nitrogens with zero attached hydrogens (tertiary/aromatic N) is 1. The smallest absolute Gasteiger partial charge is 0.0541 e. The minimum absolute atomic E-state index is 0.183. The standard InChI is InChI=1S/C16H25BrN2O/c1-11(18-3)15-10-14(17)4-5-16(15)19-8-6-13(7-9-19)12(2)20/h4-5,10-13,18,20H,6-9H2,1-3H3. The van der Waals surface area contributed by atoms with E-state index in [1.807, 2.05) is 14.0 Å². The average Bonchev–Trinajstić information content (AvgIpc) is 2.46. The van der Waals surface area contributed by atoms with Gasteiger partial charge in [0, 0.05) is 29.3 Å². The fourth-order valence-corrected chi connectivity index (χ4v) is 3.32. The molecule has 0 bridgehead atoms. The van der Waals surface area contributed by atoms with Crippen molar-refractivity contribution < 1.29 is 5.11 Å². The molecule has 1 aliphatic rings. The lowest BCUT2D eigenvalue weighted by Gasteiger charge is -2.36. The average molecular weight is 341 g/mol. The number of hydrogen-bond donors (Lipinski definition) is 2. The van der Waals surface area contributed by atoms with Gasteiger partial charge in [0.05, 0.1) is 6.10 Å². The number of halogens is 1. The molecule has 4 heteroatoms. The van der Waals surface area contributed by atoms with Gasteiger partial charge in [-0.1, -0.05) is 15.9 Å². The molecule has 2 rings (SSSR count). The van der Waals surface area contributed by atoms with Crippen molar-refractivity contribution >= 4 is 21.6 Å². The molecule has 0 amide bonds. The predicted octanol–water partition coefficient (Wildman–Crippen LogP) is 3.33. The molecule has 0 aliphatic carbocycles. The maximum Gasteiger partial charge on any atom is 0.0541 e. The highest BCUT2D eigenvalue weighted by atomic mass is 79.9. The van der Waals surface area contributed by atoms with Crippen LogP contribution in [0.15, 0.2) is 22.7 Å². The van der Waals surface area contributed by atoms with Crippen molar-refractivity contribution in [2.24, 2.45) is 5.92 Å². The number of benzene rings is 1. The molecule has 0 aromatic heterocycles. The predicted molar refractivity (Wildman–Crippen MR) is 88.2 cm³/mol. The normalized spacial score (nSPS) is 19.9. The summed E-state index contributed by atoms with van der Waals surface area (Å²) in [7, 11) is 2.00. The third-order valence-electron chi connectivity index (χ3n) is 4.45.